The Bertz CT molecular complexity index is 99.5. The van der Waals surface area contributed by atoms with Crippen LogP contribution in [-0.4, -0.2) is 45.0 Å². The van der Waals surface area contributed by atoms with Gasteiger partial charge >= 0.3 is 6.34 Å². The van der Waals surface area contributed by atoms with Gasteiger partial charge in [-0.25, -0.2) is 0 Å². The van der Waals surface area contributed by atoms with Crippen molar-refractivity contribution in [2.45, 2.75) is 13.3 Å². The monoisotopic (exact) mass is 156 g/mol. The van der Waals surface area contributed by atoms with Crippen molar-refractivity contribution >= 4 is 6.34 Å². The van der Waals surface area contributed by atoms with Crippen molar-refractivity contribution < 1.29 is 0 Å². The summed E-state index contributed by atoms with van der Waals surface area (Å²) >= 11 is 0. The summed E-state index contributed by atoms with van der Waals surface area (Å²) in [6, 6.07) is 0. The Balaban J connectivity index is 2.96. The Hall–Kier alpha value is -0.660. The molecule has 0 fully saturated rings. The second-order valence-corrected chi connectivity index (χ2v) is 2.67. The minimum atomic E-state index is 0.806. The van der Waals surface area contributed by atoms with Crippen LogP contribution in [0, 0.1) is 0 Å². The van der Waals surface area contributed by atoms with E-state index in [9.17, 15) is 0 Å². The largest absolute Gasteiger partial charge is 0.514 e. The fourth-order valence-electron chi connectivity index (χ4n) is 0.675. The fourth-order valence-corrected chi connectivity index (χ4v) is 0.675. The van der Waals surface area contributed by atoms with Crippen molar-refractivity contribution in [1.29, 1.82) is 0 Å². The summed E-state index contributed by atoms with van der Waals surface area (Å²) in [5.41, 5.74) is 0. The SMILES string of the molecule is CCN=[C+]NCCCN(C)C. The molecule has 0 aliphatic rings. The highest BCUT2D eigenvalue weighted by atomic mass is 15.1. The average molecular weight is 156 g/mol. The first-order chi connectivity index (χ1) is 5.27. The number of nitrogens with one attached hydrogen (secondary N) is 1. The lowest BCUT2D eigenvalue weighted by molar-refractivity contribution is 0.400. The van der Waals surface area contributed by atoms with Gasteiger partial charge in [0.15, 0.2) is 0 Å². The molecule has 0 aromatic rings. The Kier molecular flexibility index (Phi) is 7.00. The van der Waals surface area contributed by atoms with Gasteiger partial charge in [0, 0.05) is 0 Å². The van der Waals surface area contributed by atoms with Gasteiger partial charge in [0.2, 0.25) is 0 Å². The second-order valence-electron chi connectivity index (χ2n) is 2.67. The Morgan fingerprint density at radius 1 is 1.45 bits per heavy atom. The Labute approximate surface area is 69.5 Å². The molecule has 0 atom stereocenters. The highest BCUT2D eigenvalue weighted by molar-refractivity contribution is 5.53. The van der Waals surface area contributed by atoms with Gasteiger partial charge in [-0.05, 0) is 39.0 Å². The normalized spacial score (nSPS) is 10.5. The van der Waals surface area contributed by atoms with Crippen molar-refractivity contribution in [2.24, 2.45) is 4.99 Å². The molecule has 11 heavy (non-hydrogen) atoms. The maximum Gasteiger partial charge on any atom is 0.514 e. The molecule has 0 rings (SSSR count). The van der Waals surface area contributed by atoms with Gasteiger partial charge in [0.05, 0.1) is 13.1 Å². The summed E-state index contributed by atoms with van der Waals surface area (Å²) in [6.45, 7) is 4.87. The van der Waals surface area contributed by atoms with Gasteiger partial charge in [-0.15, -0.1) is 0 Å². The minimum absolute atomic E-state index is 0.806. The van der Waals surface area contributed by atoms with Gasteiger partial charge < -0.3 is 4.90 Å². The number of aliphatic imine (C=N–C) groups is 1. The third-order valence-electron chi connectivity index (χ3n) is 1.22. The van der Waals surface area contributed by atoms with E-state index in [4.69, 9.17) is 0 Å². The van der Waals surface area contributed by atoms with Crippen molar-refractivity contribution in [1.82, 2.24) is 10.2 Å². The molecule has 0 saturated carbocycles. The van der Waals surface area contributed by atoms with E-state index in [1.54, 1.807) is 0 Å². The smallest absolute Gasteiger partial charge is 0.309 e. The lowest BCUT2D eigenvalue weighted by Crippen LogP contribution is -2.20. The van der Waals surface area contributed by atoms with Crippen LogP contribution in [0.25, 0.3) is 0 Å². The lowest BCUT2D eigenvalue weighted by Gasteiger charge is -2.05. The Morgan fingerprint density at radius 3 is 2.73 bits per heavy atom. The van der Waals surface area contributed by atoms with E-state index < -0.39 is 0 Å². The first-order valence-corrected chi connectivity index (χ1v) is 4.06. The molecule has 0 radical (unpaired) electrons. The van der Waals surface area contributed by atoms with Crippen LogP contribution in [0.15, 0.2) is 4.99 Å². The standard InChI is InChI=1S/C8H18N3/c1-4-9-8-10-6-5-7-11(2)3/h4-7H2,1-3H3,(H,9,10)/q+1. The van der Waals surface area contributed by atoms with E-state index in [1.165, 1.54) is 0 Å². The molecule has 0 heterocycles. The maximum atomic E-state index is 3.91. The molecule has 0 aliphatic carbocycles. The molecule has 3 heteroatoms. The molecule has 1 N–H and O–H groups in total. The molecular weight excluding hydrogens is 138 g/mol. The third kappa shape index (κ3) is 9.34. The summed E-state index contributed by atoms with van der Waals surface area (Å²) in [4.78, 5) is 6.08. The van der Waals surface area contributed by atoms with Gasteiger partial charge in [-0.3, -0.25) is 0 Å². The summed E-state index contributed by atoms with van der Waals surface area (Å²) in [5.74, 6) is 0. The molecule has 0 aromatic carbocycles. The zero-order chi connectivity index (χ0) is 8.53. The molecule has 64 valence electrons. The first kappa shape index (κ1) is 10.3. The Morgan fingerprint density at radius 2 is 2.18 bits per heavy atom. The van der Waals surface area contributed by atoms with Crippen LogP contribution in [-0.2, 0) is 0 Å². The van der Waals surface area contributed by atoms with Crippen molar-refractivity contribution in [3.63, 3.8) is 0 Å². The summed E-state index contributed by atoms with van der Waals surface area (Å²) in [5, 5.41) is 3.00. The molecule has 0 unspecified atom stereocenters. The van der Waals surface area contributed by atoms with Crippen LogP contribution in [0.2, 0.25) is 0 Å². The van der Waals surface area contributed by atoms with E-state index in [0.29, 0.717) is 0 Å². The molecule has 3 nitrogen and oxygen atoms in total. The van der Waals surface area contributed by atoms with E-state index >= 15 is 0 Å². The summed E-state index contributed by atoms with van der Waals surface area (Å²) in [6.07, 6.45) is 3.90. The molecule has 0 saturated heterocycles. The average Bonchev–Trinajstić information content (AvgIpc) is 1.96. The zero-order valence-corrected chi connectivity index (χ0v) is 7.72. The van der Waals surface area contributed by atoms with Gasteiger partial charge in [-0.2, -0.15) is 5.32 Å². The quantitative estimate of drug-likeness (QED) is 0.199. The maximum absolute atomic E-state index is 3.91. The number of hydrogen-bond donors (Lipinski definition) is 1. The fraction of sp³-hybridized carbons (Fsp3) is 0.875. The second kappa shape index (κ2) is 7.45. The number of rotatable bonds is 6. The minimum Gasteiger partial charge on any atom is -0.309 e. The van der Waals surface area contributed by atoms with Gasteiger partial charge in [0.1, 0.15) is 0 Å². The molecular formula is C8H18N3+. The van der Waals surface area contributed by atoms with Crippen LogP contribution in [0.4, 0.5) is 0 Å². The summed E-state index contributed by atoms with van der Waals surface area (Å²) in [7, 11) is 4.15. The van der Waals surface area contributed by atoms with Crippen LogP contribution >= 0.6 is 0 Å². The van der Waals surface area contributed by atoms with Crippen molar-refractivity contribution in [3.05, 3.63) is 0 Å². The zero-order valence-electron chi connectivity index (χ0n) is 7.72. The molecule has 0 bridgehead atoms. The van der Waals surface area contributed by atoms with Gasteiger partial charge in [-0.1, -0.05) is 0 Å². The van der Waals surface area contributed by atoms with E-state index in [-0.39, 0.29) is 0 Å². The number of nitrogens with zero attached hydrogens (tertiary/aromatic N) is 2. The number of hydrogen-bond acceptors (Lipinski definition) is 2. The summed E-state index contributed by atoms with van der Waals surface area (Å²) < 4.78 is 0. The van der Waals surface area contributed by atoms with Crippen LogP contribution < -0.4 is 5.32 Å². The topological polar surface area (TPSA) is 27.6 Å². The van der Waals surface area contributed by atoms with Crippen LogP contribution in [0.3, 0.4) is 0 Å². The highest BCUT2D eigenvalue weighted by Crippen LogP contribution is 1.79. The highest BCUT2D eigenvalue weighted by Gasteiger charge is 1.94. The van der Waals surface area contributed by atoms with Crippen molar-refractivity contribution in [3.8, 4) is 0 Å². The molecule has 0 amide bonds. The molecule has 0 aromatic heterocycles. The van der Waals surface area contributed by atoms with E-state index in [0.717, 1.165) is 26.1 Å². The molecule has 0 spiro atoms. The van der Waals surface area contributed by atoms with Crippen LogP contribution in [0.1, 0.15) is 13.3 Å². The van der Waals surface area contributed by atoms with Crippen molar-refractivity contribution in [2.75, 3.05) is 33.7 Å². The van der Waals surface area contributed by atoms with E-state index in [2.05, 4.69) is 35.6 Å². The molecule has 0 aliphatic heterocycles. The predicted molar refractivity (Wildman–Crippen MR) is 49.1 cm³/mol. The predicted octanol–water partition coefficient (Wildman–Crippen LogP) is 0.453. The lowest BCUT2D eigenvalue weighted by atomic mass is 10.4. The van der Waals surface area contributed by atoms with E-state index in [1.807, 2.05) is 6.92 Å². The first-order valence-electron chi connectivity index (χ1n) is 4.06. The third-order valence-corrected chi connectivity index (χ3v) is 1.22. The van der Waals surface area contributed by atoms with Gasteiger partial charge in [0.25, 0.3) is 0 Å². The van der Waals surface area contributed by atoms with Crippen LogP contribution in [0.5, 0.6) is 0 Å².